The minimum Gasteiger partial charge on any atom is -0.396 e. The zero-order valence-electron chi connectivity index (χ0n) is 8.03. The molecular weight excluding hydrogens is 194 g/mol. The van der Waals surface area contributed by atoms with Gasteiger partial charge in [0.25, 0.3) is 0 Å². The molecule has 0 bridgehead atoms. The summed E-state index contributed by atoms with van der Waals surface area (Å²) in [6.45, 7) is 0.386. The number of nitrogen functional groups attached to an aromatic ring is 1. The number of rotatable bonds is 4. The van der Waals surface area contributed by atoms with Gasteiger partial charge in [0.2, 0.25) is 5.91 Å². The Labute approximate surface area is 86.9 Å². The SMILES string of the molecule is N#Cc1nc(NCCC(N)=O)ccc1N. The largest absolute Gasteiger partial charge is 0.396 e. The average Bonchev–Trinajstić information content (AvgIpc) is 2.20. The molecule has 6 heteroatoms. The van der Waals surface area contributed by atoms with E-state index in [9.17, 15) is 4.79 Å². The van der Waals surface area contributed by atoms with Gasteiger partial charge in [0.1, 0.15) is 11.9 Å². The molecule has 0 aliphatic heterocycles. The predicted octanol–water partition coefficient (Wildman–Crippen LogP) is -0.177. The van der Waals surface area contributed by atoms with Gasteiger partial charge in [-0.2, -0.15) is 5.26 Å². The zero-order chi connectivity index (χ0) is 11.3. The Hall–Kier alpha value is -2.29. The van der Waals surface area contributed by atoms with E-state index in [0.29, 0.717) is 18.1 Å². The van der Waals surface area contributed by atoms with E-state index in [1.165, 1.54) is 0 Å². The van der Waals surface area contributed by atoms with Gasteiger partial charge in [0.15, 0.2) is 5.69 Å². The van der Waals surface area contributed by atoms with Crippen LogP contribution in [-0.2, 0) is 4.79 Å². The summed E-state index contributed by atoms with van der Waals surface area (Å²) in [6, 6.07) is 5.08. The molecule has 0 spiro atoms. The van der Waals surface area contributed by atoms with Crippen molar-refractivity contribution in [1.82, 2.24) is 4.98 Å². The number of anilines is 2. The van der Waals surface area contributed by atoms with Gasteiger partial charge in [-0.3, -0.25) is 4.79 Å². The maximum absolute atomic E-state index is 10.5. The summed E-state index contributed by atoms with van der Waals surface area (Å²) in [4.78, 5) is 14.4. The second-order valence-corrected chi connectivity index (χ2v) is 2.89. The van der Waals surface area contributed by atoms with Gasteiger partial charge in [-0.1, -0.05) is 0 Å². The molecule has 0 saturated carbocycles. The average molecular weight is 205 g/mol. The van der Waals surface area contributed by atoms with Crippen LogP contribution in [0.5, 0.6) is 0 Å². The van der Waals surface area contributed by atoms with Crippen molar-refractivity contribution in [2.24, 2.45) is 5.73 Å². The molecule has 5 N–H and O–H groups in total. The van der Waals surface area contributed by atoms with E-state index in [4.69, 9.17) is 16.7 Å². The van der Waals surface area contributed by atoms with Crippen molar-refractivity contribution in [3.05, 3.63) is 17.8 Å². The molecule has 1 heterocycles. The zero-order valence-corrected chi connectivity index (χ0v) is 8.03. The molecule has 0 radical (unpaired) electrons. The monoisotopic (exact) mass is 205 g/mol. The lowest BCUT2D eigenvalue weighted by atomic mass is 10.3. The second-order valence-electron chi connectivity index (χ2n) is 2.89. The van der Waals surface area contributed by atoms with Crippen molar-refractivity contribution in [3.63, 3.8) is 0 Å². The Morgan fingerprint density at radius 1 is 1.60 bits per heavy atom. The normalized spacial score (nSPS) is 9.27. The molecule has 0 atom stereocenters. The number of nitrogens with two attached hydrogens (primary N) is 2. The Bertz CT molecular complexity index is 409. The van der Waals surface area contributed by atoms with Crippen LogP contribution >= 0.6 is 0 Å². The summed E-state index contributed by atoms with van der Waals surface area (Å²) in [5.74, 6) is 0.112. The number of amides is 1. The molecule has 1 rings (SSSR count). The van der Waals surface area contributed by atoms with E-state index in [2.05, 4.69) is 10.3 Å². The number of aromatic nitrogens is 1. The molecule has 1 aromatic rings. The van der Waals surface area contributed by atoms with Gasteiger partial charge in [-0.05, 0) is 12.1 Å². The standard InChI is InChI=1S/C9H11N5O/c10-5-7-6(11)1-2-9(14-7)13-4-3-8(12)15/h1-2H,3-4,11H2,(H2,12,15)(H,13,14). The number of nitrogens with one attached hydrogen (secondary N) is 1. The number of hydrogen-bond donors (Lipinski definition) is 3. The number of carbonyl (C=O) groups is 1. The quantitative estimate of drug-likeness (QED) is 0.630. The van der Waals surface area contributed by atoms with Crippen molar-refractivity contribution >= 4 is 17.4 Å². The maximum atomic E-state index is 10.5. The molecule has 0 aromatic carbocycles. The summed E-state index contributed by atoms with van der Waals surface area (Å²) < 4.78 is 0. The number of primary amides is 1. The number of nitrogens with zero attached hydrogens (tertiary/aromatic N) is 2. The third kappa shape index (κ3) is 3.15. The van der Waals surface area contributed by atoms with Crippen LogP contribution in [0.3, 0.4) is 0 Å². The van der Waals surface area contributed by atoms with Crippen LogP contribution in [0.4, 0.5) is 11.5 Å². The van der Waals surface area contributed by atoms with Gasteiger partial charge in [-0.25, -0.2) is 4.98 Å². The van der Waals surface area contributed by atoms with Gasteiger partial charge in [0, 0.05) is 13.0 Å². The van der Waals surface area contributed by atoms with Gasteiger partial charge in [0.05, 0.1) is 5.69 Å². The summed E-state index contributed by atoms with van der Waals surface area (Å²) in [7, 11) is 0. The molecular formula is C9H11N5O. The molecule has 0 unspecified atom stereocenters. The Balaban J connectivity index is 2.63. The fourth-order valence-electron chi connectivity index (χ4n) is 0.972. The highest BCUT2D eigenvalue weighted by molar-refractivity contribution is 5.74. The Morgan fingerprint density at radius 3 is 2.93 bits per heavy atom. The van der Waals surface area contributed by atoms with Crippen molar-refractivity contribution in [2.75, 3.05) is 17.6 Å². The number of carbonyl (C=O) groups excluding carboxylic acids is 1. The predicted molar refractivity (Wildman–Crippen MR) is 55.7 cm³/mol. The highest BCUT2D eigenvalue weighted by Crippen LogP contribution is 2.11. The summed E-state index contributed by atoms with van der Waals surface area (Å²) in [5.41, 5.74) is 11.0. The van der Waals surface area contributed by atoms with Crippen molar-refractivity contribution < 1.29 is 4.79 Å². The van der Waals surface area contributed by atoms with E-state index in [0.717, 1.165) is 0 Å². The van der Waals surface area contributed by atoms with Crippen molar-refractivity contribution in [1.29, 1.82) is 5.26 Å². The van der Waals surface area contributed by atoms with Crippen LogP contribution in [0.1, 0.15) is 12.1 Å². The molecule has 0 aliphatic rings. The van der Waals surface area contributed by atoms with Gasteiger partial charge < -0.3 is 16.8 Å². The molecule has 0 aliphatic carbocycles. The summed E-state index contributed by atoms with van der Waals surface area (Å²) >= 11 is 0. The van der Waals surface area contributed by atoms with Crippen LogP contribution in [0, 0.1) is 11.3 Å². The smallest absolute Gasteiger partial charge is 0.219 e. The van der Waals surface area contributed by atoms with Crippen LogP contribution in [0.15, 0.2) is 12.1 Å². The van der Waals surface area contributed by atoms with Crippen molar-refractivity contribution in [3.8, 4) is 6.07 Å². The van der Waals surface area contributed by atoms with E-state index >= 15 is 0 Å². The maximum Gasteiger partial charge on any atom is 0.219 e. The van der Waals surface area contributed by atoms with Gasteiger partial charge in [-0.15, -0.1) is 0 Å². The molecule has 15 heavy (non-hydrogen) atoms. The first kappa shape index (κ1) is 10.8. The lowest BCUT2D eigenvalue weighted by Gasteiger charge is -2.04. The molecule has 0 fully saturated rings. The van der Waals surface area contributed by atoms with Crippen molar-refractivity contribution in [2.45, 2.75) is 6.42 Å². The van der Waals surface area contributed by atoms with E-state index in [1.54, 1.807) is 12.1 Å². The van der Waals surface area contributed by atoms with Crippen LogP contribution in [0.2, 0.25) is 0 Å². The number of pyridine rings is 1. The lowest BCUT2D eigenvalue weighted by Crippen LogP contribution is -2.16. The molecule has 78 valence electrons. The minimum atomic E-state index is -0.390. The number of hydrogen-bond acceptors (Lipinski definition) is 5. The first-order chi connectivity index (χ1) is 7.13. The summed E-state index contributed by atoms with van der Waals surface area (Å²) in [6.07, 6.45) is 0.216. The minimum absolute atomic E-state index is 0.166. The molecule has 1 amide bonds. The van der Waals surface area contributed by atoms with Gasteiger partial charge >= 0.3 is 0 Å². The molecule has 6 nitrogen and oxygen atoms in total. The van der Waals surface area contributed by atoms with E-state index < -0.39 is 5.91 Å². The number of nitriles is 1. The highest BCUT2D eigenvalue weighted by Gasteiger charge is 2.01. The molecule has 1 aromatic heterocycles. The topological polar surface area (TPSA) is 118 Å². The highest BCUT2D eigenvalue weighted by atomic mass is 16.1. The second kappa shape index (κ2) is 4.81. The molecule has 0 saturated heterocycles. The Kier molecular flexibility index (Phi) is 3.46. The first-order valence-corrected chi connectivity index (χ1v) is 4.32. The third-order valence-electron chi connectivity index (χ3n) is 1.71. The van der Waals surface area contributed by atoms with Crippen LogP contribution in [0.25, 0.3) is 0 Å². The fraction of sp³-hybridized carbons (Fsp3) is 0.222. The first-order valence-electron chi connectivity index (χ1n) is 4.32. The van der Waals surface area contributed by atoms with Crippen LogP contribution < -0.4 is 16.8 Å². The fourth-order valence-corrected chi connectivity index (χ4v) is 0.972. The Morgan fingerprint density at radius 2 is 2.33 bits per heavy atom. The van der Waals surface area contributed by atoms with E-state index in [1.807, 2.05) is 6.07 Å². The van der Waals surface area contributed by atoms with Crippen LogP contribution in [-0.4, -0.2) is 17.4 Å². The summed E-state index contributed by atoms with van der Waals surface area (Å²) in [5, 5.41) is 11.5. The third-order valence-corrected chi connectivity index (χ3v) is 1.71. The lowest BCUT2D eigenvalue weighted by molar-refractivity contribution is -0.117. The van der Waals surface area contributed by atoms with E-state index in [-0.39, 0.29) is 12.1 Å².